The molecule has 34 heavy (non-hydrogen) atoms. The van der Waals surface area contributed by atoms with E-state index in [-0.39, 0.29) is 35.8 Å². The molecule has 2 unspecified atom stereocenters. The molecule has 0 spiro atoms. The van der Waals surface area contributed by atoms with Crippen molar-refractivity contribution in [3.8, 4) is 11.5 Å². The number of sulfonamides is 1. The Bertz CT molecular complexity index is 1160. The number of nitrogens with one attached hydrogen (secondary N) is 1. The molecule has 11 heteroatoms. The number of ether oxygens (including phenoxy) is 4. The quantitative estimate of drug-likeness (QED) is 0.611. The summed E-state index contributed by atoms with van der Waals surface area (Å²) in [7, 11) is -3.72. The Morgan fingerprint density at radius 1 is 1.00 bits per heavy atom. The summed E-state index contributed by atoms with van der Waals surface area (Å²) in [6.07, 6.45) is -0.415. The highest BCUT2D eigenvalue weighted by atomic mass is 32.2. The van der Waals surface area contributed by atoms with E-state index < -0.39 is 28.5 Å². The number of amides is 1. The van der Waals surface area contributed by atoms with Crippen LogP contribution in [-0.2, 0) is 24.3 Å². The van der Waals surface area contributed by atoms with Crippen molar-refractivity contribution in [1.29, 1.82) is 0 Å². The fourth-order valence-corrected chi connectivity index (χ4v) is 5.36. The Labute approximate surface area is 197 Å². The average Bonchev–Trinajstić information content (AvgIpc) is 2.82. The molecule has 2 aromatic rings. The lowest BCUT2D eigenvalue weighted by Gasteiger charge is -2.34. The minimum absolute atomic E-state index is 0.0710. The van der Waals surface area contributed by atoms with Crippen LogP contribution in [0.5, 0.6) is 11.5 Å². The molecule has 1 saturated heterocycles. The van der Waals surface area contributed by atoms with E-state index in [4.69, 9.17) is 18.9 Å². The first-order valence-corrected chi connectivity index (χ1v) is 12.3. The van der Waals surface area contributed by atoms with Gasteiger partial charge in [-0.05, 0) is 50.2 Å². The highest BCUT2D eigenvalue weighted by Gasteiger charge is 2.32. The highest BCUT2D eigenvalue weighted by molar-refractivity contribution is 7.89. The normalized spacial score (nSPS) is 20.4. The summed E-state index contributed by atoms with van der Waals surface area (Å²) in [6, 6.07) is 10.4. The zero-order valence-electron chi connectivity index (χ0n) is 18.9. The monoisotopic (exact) mass is 490 g/mol. The van der Waals surface area contributed by atoms with Gasteiger partial charge in [0.15, 0.2) is 18.1 Å². The van der Waals surface area contributed by atoms with Gasteiger partial charge in [0.05, 0.1) is 22.7 Å². The van der Waals surface area contributed by atoms with Gasteiger partial charge in [-0.1, -0.05) is 0 Å². The second kappa shape index (κ2) is 10.00. The van der Waals surface area contributed by atoms with Gasteiger partial charge in [-0.25, -0.2) is 13.2 Å². The van der Waals surface area contributed by atoms with Crippen LogP contribution in [0.25, 0.3) is 0 Å². The molecular formula is C23H26N2O8S. The summed E-state index contributed by atoms with van der Waals surface area (Å²) < 4.78 is 48.8. The summed E-state index contributed by atoms with van der Waals surface area (Å²) in [5, 5.41) is 2.62. The first-order valence-electron chi connectivity index (χ1n) is 10.8. The van der Waals surface area contributed by atoms with E-state index in [0.29, 0.717) is 30.4 Å². The second-order valence-corrected chi connectivity index (χ2v) is 10.0. The highest BCUT2D eigenvalue weighted by Crippen LogP contribution is 2.32. The topological polar surface area (TPSA) is 120 Å². The van der Waals surface area contributed by atoms with Crippen LogP contribution in [-0.4, -0.2) is 69.7 Å². The Balaban J connectivity index is 1.32. The molecule has 2 atom stereocenters. The SMILES string of the molecule is CC1CN(S(=O)(=O)c2ccc(C(=O)OCC(=O)Nc3ccc4c(c3)OCCO4)cc2)CC(C)O1. The van der Waals surface area contributed by atoms with Gasteiger partial charge in [0.1, 0.15) is 13.2 Å². The van der Waals surface area contributed by atoms with Gasteiger partial charge < -0.3 is 24.3 Å². The lowest BCUT2D eigenvalue weighted by molar-refractivity contribution is -0.119. The van der Waals surface area contributed by atoms with Crippen LogP contribution < -0.4 is 14.8 Å². The number of fused-ring (bicyclic) bond motifs is 1. The number of rotatable bonds is 6. The number of esters is 1. The van der Waals surface area contributed by atoms with Gasteiger partial charge >= 0.3 is 5.97 Å². The minimum atomic E-state index is -3.72. The van der Waals surface area contributed by atoms with E-state index in [9.17, 15) is 18.0 Å². The third kappa shape index (κ3) is 5.49. The van der Waals surface area contributed by atoms with E-state index in [1.807, 2.05) is 13.8 Å². The van der Waals surface area contributed by atoms with E-state index in [1.165, 1.54) is 28.6 Å². The summed E-state index contributed by atoms with van der Waals surface area (Å²) in [4.78, 5) is 24.6. The number of hydrogen-bond donors (Lipinski definition) is 1. The van der Waals surface area contributed by atoms with Crippen molar-refractivity contribution < 1.29 is 37.0 Å². The third-order valence-corrected chi connectivity index (χ3v) is 7.12. The number of benzene rings is 2. The Morgan fingerprint density at radius 2 is 1.65 bits per heavy atom. The van der Waals surface area contributed by atoms with Crippen molar-refractivity contribution >= 4 is 27.6 Å². The van der Waals surface area contributed by atoms with E-state index >= 15 is 0 Å². The smallest absolute Gasteiger partial charge is 0.338 e. The van der Waals surface area contributed by atoms with Crippen LogP contribution in [0.15, 0.2) is 47.4 Å². The van der Waals surface area contributed by atoms with Crippen molar-refractivity contribution in [3.05, 3.63) is 48.0 Å². The lowest BCUT2D eigenvalue weighted by Crippen LogP contribution is -2.48. The van der Waals surface area contributed by atoms with Crippen molar-refractivity contribution in [2.75, 3.05) is 38.2 Å². The first kappa shape index (κ1) is 24.0. The van der Waals surface area contributed by atoms with Gasteiger partial charge in [0.25, 0.3) is 5.91 Å². The number of carbonyl (C=O) groups excluding carboxylic acids is 2. The third-order valence-electron chi connectivity index (χ3n) is 5.27. The molecule has 182 valence electrons. The fourth-order valence-electron chi connectivity index (χ4n) is 3.77. The molecule has 1 amide bonds. The van der Waals surface area contributed by atoms with Crippen LogP contribution in [0.4, 0.5) is 5.69 Å². The summed E-state index contributed by atoms with van der Waals surface area (Å²) in [5.74, 6) is -0.148. The average molecular weight is 491 g/mol. The lowest BCUT2D eigenvalue weighted by atomic mass is 10.2. The fraction of sp³-hybridized carbons (Fsp3) is 0.391. The summed E-state index contributed by atoms with van der Waals surface area (Å²) in [6.45, 7) is 4.54. The number of nitrogens with zero attached hydrogens (tertiary/aromatic N) is 1. The van der Waals surface area contributed by atoms with Crippen LogP contribution >= 0.6 is 0 Å². The molecule has 2 aromatic carbocycles. The van der Waals surface area contributed by atoms with Crippen LogP contribution in [0.3, 0.4) is 0 Å². The molecule has 0 radical (unpaired) electrons. The van der Waals surface area contributed by atoms with Crippen molar-refractivity contribution in [2.45, 2.75) is 31.0 Å². The summed E-state index contributed by atoms with van der Waals surface area (Å²) >= 11 is 0. The zero-order valence-corrected chi connectivity index (χ0v) is 19.7. The second-order valence-electron chi connectivity index (χ2n) is 8.09. The van der Waals surface area contributed by atoms with Gasteiger partial charge in [0.2, 0.25) is 10.0 Å². The van der Waals surface area contributed by atoms with Crippen molar-refractivity contribution in [2.24, 2.45) is 0 Å². The Morgan fingerprint density at radius 3 is 2.32 bits per heavy atom. The van der Waals surface area contributed by atoms with Crippen molar-refractivity contribution in [3.63, 3.8) is 0 Å². The number of carbonyl (C=O) groups is 2. The van der Waals surface area contributed by atoms with E-state index in [0.717, 1.165) is 0 Å². The summed E-state index contributed by atoms with van der Waals surface area (Å²) in [5.41, 5.74) is 0.612. The standard InChI is InChI=1S/C23H26N2O8S/c1-15-12-25(13-16(2)33-15)34(28,29)19-6-3-17(4-7-19)23(27)32-14-22(26)24-18-5-8-20-21(11-18)31-10-9-30-20/h3-8,11,15-16H,9-10,12-14H2,1-2H3,(H,24,26). The molecule has 10 nitrogen and oxygen atoms in total. The molecule has 1 N–H and O–H groups in total. The van der Waals surface area contributed by atoms with E-state index in [1.54, 1.807) is 18.2 Å². The largest absolute Gasteiger partial charge is 0.486 e. The molecule has 0 bridgehead atoms. The molecule has 0 saturated carbocycles. The van der Waals surface area contributed by atoms with Gasteiger partial charge in [-0.2, -0.15) is 4.31 Å². The number of morpholine rings is 1. The zero-order chi connectivity index (χ0) is 24.3. The van der Waals surface area contributed by atoms with Gasteiger partial charge in [0, 0.05) is 24.8 Å². The van der Waals surface area contributed by atoms with Crippen molar-refractivity contribution in [1.82, 2.24) is 4.31 Å². The Kier molecular flexibility index (Phi) is 7.05. The van der Waals surface area contributed by atoms with E-state index in [2.05, 4.69) is 5.32 Å². The molecule has 1 fully saturated rings. The maximum atomic E-state index is 12.9. The van der Waals surface area contributed by atoms with Crippen LogP contribution in [0, 0.1) is 0 Å². The first-order chi connectivity index (χ1) is 16.2. The molecule has 0 aromatic heterocycles. The maximum Gasteiger partial charge on any atom is 0.338 e. The molecule has 4 rings (SSSR count). The molecule has 0 aliphatic carbocycles. The predicted molar refractivity (Wildman–Crippen MR) is 122 cm³/mol. The Hall–Kier alpha value is -3.15. The number of hydrogen-bond acceptors (Lipinski definition) is 8. The molecule has 2 aliphatic heterocycles. The van der Waals surface area contributed by atoms with Crippen LogP contribution in [0.2, 0.25) is 0 Å². The maximum absolute atomic E-state index is 12.9. The predicted octanol–water partition coefficient (Wildman–Crippen LogP) is 2.05. The minimum Gasteiger partial charge on any atom is -0.486 e. The van der Waals surface area contributed by atoms with Crippen LogP contribution in [0.1, 0.15) is 24.2 Å². The molecule has 2 aliphatic rings. The van der Waals surface area contributed by atoms with Gasteiger partial charge in [-0.3, -0.25) is 4.79 Å². The van der Waals surface area contributed by atoms with Gasteiger partial charge in [-0.15, -0.1) is 0 Å². The molecular weight excluding hydrogens is 464 g/mol. The molecule has 2 heterocycles. The number of anilines is 1.